The molecule has 0 saturated heterocycles. The zero-order valence-corrected chi connectivity index (χ0v) is 13.6. The van der Waals surface area contributed by atoms with Crippen molar-refractivity contribution >= 4 is 0 Å². The van der Waals surface area contributed by atoms with Gasteiger partial charge >= 0.3 is 0 Å². The molecule has 4 nitrogen and oxygen atoms in total. The first-order valence-corrected chi connectivity index (χ1v) is 7.52. The Bertz CT molecular complexity index is 604. The van der Waals surface area contributed by atoms with Gasteiger partial charge in [-0.1, -0.05) is 13.0 Å². The number of hydrogen-bond donors (Lipinski definition) is 1. The minimum absolute atomic E-state index is 0.155. The van der Waals surface area contributed by atoms with Crippen LogP contribution >= 0.6 is 0 Å². The summed E-state index contributed by atoms with van der Waals surface area (Å²) >= 11 is 0. The van der Waals surface area contributed by atoms with Crippen molar-refractivity contribution in [1.29, 1.82) is 0 Å². The Labute approximate surface area is 127 Å². The largest absolute Gasteiger partial charge is 0.497 e. The molecule has 1 aromatic carbocycles. The van der Waals surface area contributed by atoms with Gasteiger partial charge < -0.3 is 10.1 Å². The first-order chi connectivity index (χ1) is 10.1. The molecular weight excluding hydrogens is 262 g/mol. The summed E-state index contributed by atoms with van der Waals surface area (Å²) in [6.45, 7) is 10.2. The van der Waals surface area contributed by atoms with E-state index >= 15 is 0 Å². The van der Waals surface area contributed by atoms with Gasteiger partial charge in [0, 0.05) is 6.54 Å². The fourth-order valence-corrected chi connectivity index (χ4v) is 2.73. The van der Waals surface area contributed by atoms with Crippen molar-refractivity contribution in [3.05, 3.63) is 46.8 Å². The number of nitrogens with one attached hydrogen (secondary N) is 1. The Morgan fingerprint density at radius 2 is 2.00 bits per heavy atom. The lowest BCUT2D eigenvalue weighted by Gasteiger charge is -2.21. The predicted molar refractivity (Wildman–Crippen MR) is 85.9 cm³/mol. The fraction of sp³-hybridized carbons (Fsp3) is 0.471. The van der Waals surface area contributed by atoms with Gasteiger partial charge in [0.15, 0.2) is 0 Å². The number of rotatable bonds is 6. The van der Waals surface area contributed by atoms with Crippen LogP contribution in [0.1, 0.15) is 42.4 Å². The minimum atomic E-state index is 0.155. The van der Waals surface area contributed by atoms with E-state index in [0.717, 1.165) is 24.5 Å². The summed E-state index contributed by atoms with van der Waals surface area (Å²) in [6.07, 6.45) is 0. The van der Waals surface area contributed by atoms with Gasteiger partial charge in [-0.15, -0.1) is 0 Å². The number of hydrogen-bond acceptors (Lipinski definition) is 3. The molecule has 1 N–H and O–H groups in total. The van der Waals surface area contributed by atoms with Gasteiger partial charge in [-0.25, -0.2) is 0 Å². The summed E-state index contributed by atoms with van der Waals surface area (Å²) in [7, 11) is 1.70. The smallest absolute Gasteiger partial charge is 0.119 e. The van der Waals surface area contributed by atoms with Crippen molar-refractivity contribution in [3.8, 4) is 5.75 Å². The Morgan fingerprint density at radius 1 is 1.24 bits per heavy atom. The average molecular weight is 287 g/mol. The van der Waals surface area contributed by atoms with Gasteiger partial charge in [0.25, 0.3) is 0 Å². The van der Waals surface area contributed by atoms with Crippen LogP contribution in [0.25, 0.3) is 0 Å². The lowest BCUT2D eigenvalue weighted by molar-refractivity contribution is 0.414. The molecule has 0 amide bonds. The average Bonchev–Trinajstić information content (AvgIpc) is 2.86. The van der Waals surface area contributed by atoms with Crippen LogP contribution in [0.3, 0.4) is 0 Å². The van der Waals surface area contributed by atoms with Crippen molar-refractivity contribution in [2.75, 3.05) is 13.7 Å². The molecule has 0 radical (unpaired) electrons. The molecule has 1 atom stereocenters. The fourth-order valence-electron chi connectivity index (χ4n) is 2.73. The number of aryl methyl sites for hydroxylation is 3. The van der Waals surface area contributed by atoms with Crippen molar-refractivity contribution < 1.29 is 4.74 Å². The second kappa shape index (κ2) is 6.76. The van der Waals surface area contributed by atoms with Crippen LogP contribution in [0.15, 0.2) is 24.3 Å². The number of methoxy groups -OCH3 is 1. The van der Waals surface area contributed by atoms with E-state index in [1.807, 2.05) is 13.0 Å². The molecule has 1 aromatic heterocycles. The molecule has 0 aliphatic carbocycles. The molecule has 0 saturated carbocycles. The Hall–Kier alpha value is -1.81. The van der Waals surface area contributed by atoms with Gasteiger partial charge in [0.05, 0.1) is 24.5 Å². The third-order valence-corrected chi connectivity index (χ3v) is 3.72. The van der Waals surface area contributed by atoms with Crippen molar-refractivity contribution in [2.24, 2.45) is 0 Å². The summed E-state index contributed by atoms with van der Waals surface area (Å²) in [6, 6.07) is 8.57. The molecule has 114 valence electrons. The molecule has 21 heavy (non-hydrogen) atoms. The maximum absolute atomic E-state index is 5.31. The normalized spacial score (nSPS) is 12.4. The molecular formula is C17H25N3O. The van der Waals surface area contributed by atoms with Gasteiger partial charge in [0.2, 0.25) is 0 Å². The lowest BCUT2D eigenvalue weighted by Crippen LogP contribution is -2.25. The topological polar surface area (TPSA) is 39.1 Å². The van der Waals surface area contributed by atoms with E-state index in [2.05, 4.69) is 54.1 Å². The van der Waals surface area contributed by atoms with E-state index < -0.39 is 0 Å². The molecule has 0 fully saturated rings. The van der Waals surface area contributed by atoms with Crippen molar-refractivity contribution in [3.63, 3.8) is 0 Å². The highest BCUT2D eigenvalue weighted by Crippen LogP contribution is 2.28. The molecule has 2 rings (SSSR count). The summed E-state index contributed by atoms with van der Waals surface area (Å²) in [5.41, 5.74) is 4.76. The first-order valence-electron chi connectivity index (χ1n) is 7.52. The maximum atomic E-state index is 5.31. The molecule has 4 heteroatoms. The second-order valence-electron chi connectivity index (χ2n) is 5.24. The van der Waals surface area contributed by atoms with Gasteiger partial charge in [-0.05, 0) is 56.6 Å². The van der Waals surface area contributed by atoms with Crippen molar-refractivity contribution in [1.82, 2.24) is 15.1 Å². The van der Waals surface area contributed by atoms with Crippen LogP contribution in [-0.2, 0) is 6.54 Å². The van der Waals surface area contributed by atoms with Gasteiger partial charge in [-0.3, -0.25) is 4.68 Å². The predicted octanol–water partition coefficient (Wildman–Crippen LogP) is 3.23. The van der Waals surface area contributed by atoms with Crippen LogP contribution in [0.5, 0.6) is 5.75 Å². The molecule has 0 spiro atoms. The van der Waals surface area contributed by atoms with Gasteiger partial charge in [0.1, 0.15) is 5.75 Å². The SMILES string of the molecule is CCNC(c1ccc(OC)cc1C)c1cc(C)nn1CC. The molecule has 1 heterocycles. The zero-order chi connectivity index (χ0) is 15.4. The third kappa shape index (κ3) is 3.27. The lowest BCUT2D eigenvalue weighted by atomic mass is 9.98. The molecule has 0 aliphatic rings. The summed E-state index contributed by atoms with van der Waals surface area (Å²) < 4.78 is 7.38. The Kier molecular flexibility index (Phi) is 5.02. The molecule has 0 bridgehead atoms. The number of ether oxygens (including phenoxy) is 1. The monoisotopic (exact) mass is 287 g/mol. The van der Waals surface area contributed by atoms with Crippen molar-refractivity contribution in [2.45, 2.75) is 40.3 Å². The van der Waals surface area contributed by atoms with Crippen LogP contribution in [-0.4, -0.2) is 23.4 Å². The molecule has 0 aliphatic heterocycles. The standard InChI is InChI=1S/C17H25N3O/c1-6-18-17(16-11-13(4)19-20(16)7-2)15-9-8-14(21-5)10-12(15)3/h8-11,17-18H,6-7H2,1-5H3. The number of benzene rings is 1. The van der Waals surface area contributed by atoms with E-state index in [4.69, 9.17) is 4.74 Å². The second-order valence-corrected chi connectivity index (χ2v) is 5.24. The Balaban J connectivity index is 2.47. The Morgan fingerprint density at radius 3 is 2.57 bits per heavy atom. The third-order valence-electron chi connectivity index (χ3n) is 3.72. The number of nitrogens with zero attached hydrogens (tertiary/aromatic N) is 2. The van der Waals surface area contributed by atoms with E-state index in [-0.39, 0.29) is 6.04 Å². The first kappa shape index (κ1) is 15.6. The van der Waals surface area contributed by atoms with E-state index in [1.54, 1.807) is 7.11 Å². The summed E-state index contributed by atoms with van der Waals surface area (Å²) in [5.74, 6) is 0.895. The quantitative estimate of drug-likeness (QED) is 0.886. The van der Waals surface area contributed by atoms with Gasteiger partial charge in [-0.2, -0.15) is 5.10 Å². The van der Waals surface area contributed by atoms with Crippen LogP contribution in [0, 0.1) is 13.8 Å². The highest BCUT2D eigenvalue weighted by atomic mass is 16.5. The maximum Gasteiger partial charge on any atom is 0.119 e. The highest BCUT2D eigenvalue weighted by molar-refractivity contribution is 5.40. The van der Waals surface area contributed by atoms with Crippen LogP contribution in [0.4, 0.5) is 0 Å². The highest BCUT2D eigenvalue weighted by Gasteiger charge is 2.20. The zero-order valence-electron chi connectivity index (χ0n) is 13.6. The summed E-state index contributed by atoms with van der Waals surface area (Å²) in [5, 5.41) is 8.15. The van der Waals surface area contributed by atoms with Crippen LogP contribution in [0.2, 0.25) is 0 Å². The molecule has 2 aromatic rings. The summed E-state index contributed by atoms with van der Waals surface area (Å²) in [4.78, 5) is 0. The molecule has 1 unspecified atom stereocenters. The van der Waals surface area contributed by atoms with E-state index in [1.165, 1.54) is 16.8 Å². The number of aromatic nitrogens is 2. The van der Waals surface area contributed by atoms with E-state index in [0.29, 0.717) is 0 Å². The minimum Gasteiger partial charge on any atom is -0.497 e. The van der Waals surface area contributed by atoms with Crippen LogP contribution < -0.4 is 10.1 Å². The van der Waals surface area contributed by atoms with E-state index in [9.17, 15) is 0 Å².